The molecule has 1 aromatic rings. The lowest BCUT2D eigenvalue weighted by Gasteiger charge is -2.58. The van der Waals surface area contributed by atoms with Crippen molar-refractivity contribution < 1.29 is 9.90 Å². The number of amides is 1. The smallest absolute Gasteiger partial charge is 0.254 e. The van der Waals surface area contributed by atoms with Gasteiger partial charge in [-0.05, 0) is 62.7 Å². The summed E-state index contributed by atoms with van der Waals surface area (Å²) >= 11 is 0. The van der Waals surface area contributed by atoms with Crippen molar-refractivity contribution in [3.63, 3.8) is 0 Å². The molecule has 6 nitrogen and oxygen atoms in total. The highest BCUT2D eigenvalue weighted by Crippen LogP contribution is 2.55. The largest absolute Gasteiger partial charge is 0.390 e. The van der Waals surface area contributed by atoms with Crippen LogP contribution in [0.2, 0.25) is 0 Å². The lowest BCUT2D eigenvalue weighted by atomic mass is 9.52. The summed E-state index contributed by atoms with van der Waals surface area (Å²) in [6.07, 6.45) is 8.82. The van der Waals surface area contributed by atoms with Gasteiger partial charge < -0.3 is 15.7 Å². The second kappa shape index (κ2) is 5.40. The Morgan fingerprint density at radius 3 is 2.56 bits per heavy atom. The number of aromatic nitrogens is 2. The molecular formula is C19H26N4O2. The average Bonchev–Trinajstić information content (AvgIpc) is 3.41. The number of carbonyl (C=O) groups excluding carboxylic acids is 1. The highest BCUT2D eigenvalue weighted by Gasteiger charge is 2.55. The first-order valence-electron chi connectivity index (χ1n) is 9.62. The molecule has 5 aliphatic carbocycles. The van der Waals surface area contributed by atoms with Gasteiger partial charge in [0.1, 0.15) is 0 Å². The van der Waals surface area contributed by atoms with Crippen LogP contribution in [-0.2, 0) is 0 Å². The van der Waals surface area contributed by atoms with Crippen LogP contribution >= 0.6 is 0 Å². The van der Waals surface area contributed by atoms with Gasteiger partial charge in [-0.15, -0.1) is 0 Å². The Morgan fingerprint density at radius 2 is 1.96 bits per heavy atom. The van der Waals surface area contributed by atoms with Gasteiger partial charge in [0.05, 0.1) is 16.9 Å². The van der Waals surface area contributed by atoms with E-state index >= 15 is 0 Å². The van der Waals surface area contributed by atoms with Crippen LogP contribution in [-0.4, -0.2) is 39.7 Å². The first-order chi connectivity index (χ1) is 12.0. The lowest BCUT2D eigenvalue weighted by Crippen LogP contribution is -2.61. The van der Waals surface area contributed by atoms with Gasteiger partial charge in [0.2, 0.25) is 5.95 Å². The maximum atomic E-state index is 13.0. The van der Waals surface area contributed by atoms with Crippen LogP contribution in [0.5, 0.6) is 0 Å². The quantitative estimate of drug-likeness (QED) is 0.780. The zero-order valence-corrected chi connectivity index (χ0v) is 14.7. The number of aliphatic hydroxyl groups is 1. The van der Waals surface area contributed by atoms with E-state index in [0.717, 1.165) is 50.6 Å². The minimum Gasteiger partial charge on any atom is -0.390 e. The first kappa shape index (κ1) is 15.6. The molecule has 0 aromatic carbocycles. The number of rotatable bonds is 4. The molecule has 5 aliphatic rings. The zero-order chi connectivity index (χ0) is 17.2. The van der Waals surface area contributed by atoms with E-state index in [4.69, 9.17) is 0 Å². The molecule has 1 aromatic heterocycles. The summed E-state index contributed by atoms with van der Waals surface area (Å²) in [7, 11) is 1.80. The normalized spacial score (nSPS) is 38.6. The Bertz CT molecular complexity index is 701. The second-order valence-corrected chi connectivity index (χ2v) is 8.71. The van der Waals surface area contributed by atoms with E-state index in [1.165, 1.54) is 0 Å². The fraction of sp³-hybridized carbons (Fsp3) is 0.737. The molecule has 3 N–H and O–H groups in total. The minimum absolute atomic E-state index is 0.0333. The number of nitrogens with zero attached hydrogens (tertiary/aromatic N) is 2. The maximum absolute atomic E-state index is 13.0. The van der Waals surface area contributed by atoms with Crippen molar-refractivity contribution in [3.05, 3.63) is 17.5 Å². The van der Waals surface area contributed by atoms with Crippen molar-refractivity contribution >= 4 is 11.9 Å². The molecule has 1 heterocycles. The van der Waals surface area contributed by atoms with Crippen LogP contribution in [0.3, 0.4) is 0 Å². The van der Waals surface area contributed by atoms with Crippen molar-refractivity contribution in [3.8, 4) is 0 Å². The zero-order valence-electron chi connectivity index (χ0n) is 14.7. The molecule has 1 amide bonds. The first-order valence-corrected chi connectivity index (χ1v) is 9.62. The topological polar surface area (TPSA) is 87.1 Å². The van der Waals surface area contributed by atoms with Crippen LogP contribution in [0, 0.1) is 17.8 Å². The third-order valence-corrected chi connectivity index (χ3v) is 6.79. The standard InChI is InChI=1S/C19H26N4O2/c1-20-18-21-9-14(16(23-18)11-2-3-11)17(24)22-15-12-4-10-5-13(15)8-19(25,6-10)7-12/h9-13,15,25H,2-8H2,1H3,(H,22,24)(H,20,21,23). The van der Waals surface area contributed by atoms with E-state index in [-0.39, 0.29) is 11.9 Å². The monoisotopic (exact) mass is 342 g/mol. The third kappa shape index (κ3) is 2.62. The summed E-state index contributed by atoms with van der Waals surface area (Å²) in [4.78, 5) is 21.8. The van der Waals surface area contributed by atoms with Crippen LogP contribution in [0.25, 0.3) is 0 Å². The van der Waals surface area contributed by atoms with Crippen LogP contribution < -0.4 is 10.6 Å². The maximum Gasteiger partial charge on any atom is 0.254 e. The van der Waals surface area contributed by atoms with Crippen LogP contribution in [0.4, 0.5) is 5.95 Å². The summed E-state index contributed by atoms with van der Waals surface area (Å²) in [5, 5.41) is 17.0. The second-order valence-electron chi connectivity index (χ2n) is 8.71. The van der Waals surface area contributed by atoms with Gasteiger partial charge >= 0.3 is 0 Å². The Labute approximate surface area is 147 Å². The fourth-order valence-electron chi connectivity index (χ4n) is 5.80. The highest BCUT2D eigenvalue weighted by atomic mass is 16.3. The van der Waals surface area contributed by atoms with E-state index in [1.54, 1.807) is 13.2 Å². The number of anilines is 1. The van der Waals surface area contributed by atoms with E-state index in [9.17, 15) is 9.90 Å². The van der Waals surface area contributed by atoms with Crippen molar-refractivity contribution in [2.45, 2.75) is 62.5 Å². The van der Waals surface area contributed by atoms with E-state index < -0.39 is 5.60 Å². The summed E-state index contributed by atoms with van der Waals surface area (Å²) in [5.41, 5.74) is 1.06. The number of carbonyl (C=O) groups is 1. The molecule has 5 saturated carbocycles. The molecular weight excluding hydrogens is 316 g/mol. The van der Waals surface area contributed by atoms with E-state index in [1.807, 2.05) is 0 Å². The summed E-state index contributed by atoms with van der Waals surface area (Å²) in [6.45, 7) is 0. The molecule has 2 atom stereocenters. The van der Waals surface area contributed by atoms with Gasteiger partial charge in [-0.1, -0.05) is 0 Å². The van der Waals surface area contributed by atoms with Crippen molar-refractivity contribution in [2.24, 2.45) is 17.8 Å². The number of nitrogens with one attached hydrogen (secondary N) is 2. The molecule has 0 radical (unpaired) electrons. The molecule has 2 unspecified atom stereocenters. The molecule has 0 spiro atoms. The van der Waals surface area contributed by atoms with Gasteiger partial charge in [0.25, 0.3) is 5.91 Å². The molecule has 0 aliphatic heterocycles. The number of hydrogen-bond acceptors (Lipinski definition) is 5. The molecule has 6 heteroatoms. The molecule has 4 bridgehead atoms. The molecule has 0 saturated heterocycles. The van der Waals surface area contributed by atoms with Crippen LogP contribution in [0.1, 0.15) is 66.9 Å². The van der Waals surface area contributed by atoms with Gasteiger partial charge in [-0.25, -0.2) is 9.97 Å². The Hall–Kier alpha value is -1.69. The summed E-state index contributed by atoms with van der Waals surface area (Å²) in [5.74, 6) is 2.43. The summed E-state index contributed by atoms with van der Waals surface area (Å²) in [6, 6.07) is 0.195. The average molecular weight is 342 g/mol. The Morgan fingerprint density at radius 1 is 1.24 bits per heavy atom. The van der Waals surface area contributed by atoms with Crippen LogP contribution in [0.15, 0.2) is 6.20 Å². The van der Waals surface area contributed by atoms with Crippen molar-refractivity contribution in [2.75, 3.05) is 12.4 Å². The third-order valence-electron chi connectivity index (χ3n) is 6.79. The predicted molar refractivity (Wildman–Crippen MR) is 93.3 cm³/mol. The predicted octanol–water partition coefficient (Wildman–Crippen LogP) is 2.07. The summed E-state index contributed by atoms with van der Waals surface area (Å²) < 4.78 is 0. The molecule has 5 fully saturated rings. The molecule has 134 valence electrons. The minimum atomic E-state index is -0.464. The van der Waals surface area contributed by atoms with Gasteiger partial charge in [0, 0.05) is 25.2 Å². The molecule has 6 rings (SSSR count). The van der Waals surface area contributed by atoms with Gasteiger partial charge in [-0.3, -0.25) is 4.79 Å². The Balaban J connectivity index is 1.38. The molecule has 25 heavy (non-hydrogen) atoms. The SMILES string of the molecule is CNc1ncc(C(=O)NC2C3CC4CC2CC(O)(C4)C3)c(C2CC2)n1. The fourth-order valence-corrected chi connectivity index (χ4v) is 5.80. The van der Waals surface area contributed by atoms with Gasteiger partial charge in [0.15, 0.2) is 0 Å². The van der Waals surface area contributed by atoms with E-state index in [0.29, 0.717) is 35.2 Å². The van der Waals surface area contributed by atoms with Gasteiger partial charge in [-0.2, -0.15) is 0 Å². The highest BCUT2D eigenvalue weighted by molar-refractivity contribution is 5.95. The van der Waals surface area contributed by atoms with Crippen molar-refractivity contribution in [1.29, 1.82) is 0 Å². The number of hydrogen-bond donors (Lipinski definition) is 3. The Kier molecular flexibility index (Phi) is 3.36. The van der Waals surface area contributed by atoms with Crippen molar-refractivity contribution in [1.82, 2.24) is 15.3 Å². The lowest BCUT2D eigenvalue weighted by molar-refractivity contribution is -0.136. The van der Waals surface area contributed by atoms with E-state index in [2.05, 4.69) is 20.6 Å².